The minimum Gasteiger partial charge on any atom is -0.492 e. The van der Waals surface area contributed by atoms with Crippen molar-refractivity contribution in [3.8, 4) is 5.75 Å². The SMILES string of the molecule is CCOc1cccc2c1[nH]c(=S)n2CCC(C)(C)C. The summed E-state index contributed by atoms with van der Waals surface area (Å²) in [5.41, 5.74) is 2.43. The molecule has 0 bridgehead atoms. The quantitative estimate of drug-likeness (QED) is 0.832. The Morgan fingerprint density at radius 2 is 2.05 bits per heavy atom. The third-order valence-corrected chi connectivity index (χ3v) is 3.48. The van der Waals surface area contributed by atoms with Crippen molar-refractivity contribution in [3.05, 3.63) is 23.0 Å². The molecule has 0 radical (unpaired) electrons. The molecule has 0 atom stereocenters. The number of ether oxygens (including phenoxy) is 1. The molecule has 3 nitrogen and oxygen atoms in total. The van der Waals surface area contributed by atoms with E-state index in [1.165, 1.54) is 0 Å². The Kier molecular flexibility index (Phi) is 3.99. The van der Waals surface area contributed by atoms with Crippen LogP contribution in [0.25, 0.3) is 11.0 Å². The van der Waals surface area contributed by atoms with Crippen molar-refractivity contribution in [2.75, 3.05) is 6.61 Å². The predicted molar refractivity (Wildman–Crippen MR) is 82.4 cm³/mol. The average Bonchev–Trinajstić information content (AvgIpc) is 2.63. The number of benzene rings is 1. The van der Waals surface area contributed by atoms with Crippen LogP contribution in [-0.2, 0) is 6.54 Å². The summed E-state index contributed by atoms with van der Waals surface area (Å²) in [4.78, 5) is 3.27. The zero-order valence-electron chi connectivity index (χ0n) is 12.1. The highest BCUT2D eigenvalue weighted by Crippen LogP contribution is 2.27. The Labute approximate surface area is 119 Å². The van der Waals surface area contributed by atoms with Gasteiger partial charge in [0.1, 0.15) is 11.3 Å². The first-order chi connectivity index (χ1) is 8.92. The number of imidazole rings is 1. The van der Waals surface area contributed by atoms with Crippen LogP contribution in [0.2, 0.25) is 0 Å². The summed E-state index contributed by atoms with van der Waals surface area (Å²) in [5.74, 6) is 0.876. The third kappa shape index (κ3) is 3.18. The van der Waals surface area contributed by atoms with Gasteiger partial charge in [-0.1, -0.05) is 26.8 Å². The van der Waals surface area contributed by atoms with E-state index in [0.717, 1.165) is 34.5 Å². The molecule has 0 saturated heterocycles. The number of fused-ring (bicyclic) bond motifs is 1. The van der Waals surface area contributed by atoms with Crippen LogP contribution in [0.5, 0.6) is 5.75 Å². The average molecular weight is 278 g/mol. The summed E-state index contributed by atoms with van der Waals surface area (Å²) in [6, 6.07) is 6.08. The topological polar surface area (TPSA) is 29.9 Å². The summed E-state index contributed by atoms with van der Waals surface area (Å²) < 4.78 is 8.58. The fraction of sp³-hybridized carbons (Fsp3) is 0.533. The van der Waals surface area contributed by atoms with Gasteiger partial charge in [-0.15, -0.1) is 0 Å². The smallest absolute Gasteiger partial charge is 0.178 e. The molecular formula is C15H22N2OS. The van der Waals surface area contributed by atoms with E-state index in [9.17, 15) is 0 Å². The number of aromatic nitrogens is 2. The van der Waals surface area contributed by atoms with Gasteiger partial charge in [0.25, 0.3) is 0 Å². The molecule has 0 fully saturated rings. The Hall–Kier alpha value is -1.29. The monoisotopic (exact) mass is 278 g/mol. The van der Waals surface area contributed by atoms with Gasteiger partial charge in [-0.25, -0.2) is 0 Å². The maximum Gasteiger partial charge on any atom is 0.178 e. The number of nitrogens with zero attached hydrogens (tertiary/aromatic N) is 1. The zero-order valence-corrected chi connectivity index (χ0v) is 12.9. The van der Waals surface area contributed by atoms with Gasteiger partial charge in [-0.2, -0.15) is 0 Å². The summed E-state index contributed by atoms with van der Waals surface area (Å²) in [5, 5.41) is 0. The summed E-state index contributed by atoms with van der Waals surface area (Å²) in [6.45, 7) is 10.3. The van der Waals surface area contributed by atoms with Gasteiger partial charge < -0.3 is 14.3 Å². The van der Waals surface area contributed by atoms with Crippen molar-refractivity contribution in [2.24, 2.45) is 5.41 Å². The molecule has 0 saturated carbocycles. The fourth-order valence-electron chi connectivity index (χ4n) is 2.10. The molecule has 104 valence electrons. The lowest BCUT2D eigenvalue weighted by Gasteiger charge is -2.18. The molecule has 0 aliphatic carbocycles. The van der Waals surface area contributed by atoms with E-state index < -0.39 is 0 Å². The van der Waals surface area contributed by atoms with Gasteiger partial charge in [-0.3, -0.25) is 0 Å². The Morgan fingerprint density at radius 1 is 1.32 bits per heavy atom. The lowest BCUT2D eigenvalue weighted by molar-refractivity contribution is 0.343. The summed E-state index contributed by atoms with van der Waals surface area (Å²) >= 11 is 5.44. The van der Waals surface area contributed by atoms with Gasteiger partial charge in [0.2, 0.25) is 0 Å². The second-order valence-corrected chi connectivity index (χ2v) is 6.36. The number of hydrogen-bond donors (Lipinski definition) is 1. The van der Waals surface area contributed by atoms with E-state index in [1.807, 2.05) is 19.1 Å². The second-order valence-electron chi connectivity index (χ2n) is 5.98. The maximum atomic E-state index is 5.64. The highest BCUT2D eigenvalue weighted by molar-refractivity contribution is 7.71. The largest absolute Gasteiger partial charge is 0.492 e. The molecule has 2 aromatic rings. The third-order valence-electron chi connectivity index (χ3n) is 3.16. The molecule has 0 aliphatic heterocycles. The van der Waals surface area contributed by atoms with E-state index >= 15 is 0 Å². The molecule has 0 spiro atoms. The van der Waals surface area contributed by atoms with Crippen molar-refractivity contribution in [1.82, 2.24) is 9.55 Å². The van der Waals surface area contributed by atoms with Crippen LogP contribution in [0.1, 0.15) is 34.1 Å². The van der Waals surface area contributed by atoms with Gasteiger partial charge in [0, 0.05) is 6.54 Å². The highest BCUT2D eigenvalue weighted by Gasteiger charge is 2.13. The maximum absolute atomic E-state index is 5.64. The Bertz CT molecular complexity index is 619. The highest BCUT2D eigenvalue weighted by atomic mass is 32.1. The second kappa shape index (κ2) is 5.37. The van der Waals surface area contributed by atoms with Crippen LogP contribution in [-0.4, -0.2) is 16.2 Å². The summed E-state index contributed by atoms with van der Waals surface area (Å²) in [7, 11) is 0. The van der Waals surface area contributed by atoms with E-state index in [2.05, 4.69) is 36.4 Å². The van der Waals surface area contributed by atoms with Crippen molar-refractivity contribution >= 4 is 23.3 Å². The van der Waals surface area contributed by atoms with Crippen LogP contribution >= 0.6 is 12.2 Å². The number of aromatic amines is 1. The van der Waals surface area contributed by atoms with E-state index in [-0.39, 0.29) is 0 Å². The molecule has 4 heteroatoms. The fourth-order valence-corrected chi connectivity index (χ4v) is 2.39. The van der Waals surface area contributed by atoms with E-state index in [4.69, 9.17) is 17.0 Å². The number of rotatable bonds is 4. The zero-order chi connectivity index (χ0) is 14.0. The van der Waals surface area contributed by atoms with Crippen LogP contribution in [0.3, 0.4) is 0 Å². The van der Waals surface area contributed by atoms with E-state index in [0.29, 0.717) is 12.0 Å². The first-order valence-electron chi connectivity index (χ1n) is 6.77. The standard InChI is InChI=1S/C15H22N2OS/c1-5-18-12-8-6-7-11-13(12)16-14(19)17(11)10-9-15(2,3)4/h6-8H,5,9-10H2,1-4H3,(H,16,19). The first kappa shape index (κ1) is 14.1. The van der Waals surface area contributed by atoms with Crippen LogP contribution in [0.4, 0.5) is 0 Å². The molecule has 0 aliphatic rings. The van der Waals surface area contributed by atoms with Gasteiger partial charge in [0.15, 0.2) is 4.77 Å². The Balaban J connectivity index is 2.42. The first-order valence-corrected chi connectivity index (χ1v) is 7.17. The van der Waals surface area contributed by atoms with Crippen molar-refractivity contribution in [3.63, 3.8) is 0 Å². The van der Waals surface area contributed by atoms with Crippen molar-refractivity contribution in [2.45, 2.75) is 40.7 Å². The normalized spacial score (nSPS) is 12.0. The number of hydrogen-bond acceptors (Lipinski definition) is 2. The van der Waals surface area contributed by atoms with Crippen LogP contribution in [0, 0.1) is 10.2 Å². The van der Waals surface area contributed by atoms with Gasteiger partial charge >= 0.3 is 0 Å². The number of H-pyrrole nitrogens is 1. The van der Waals surface area contributed by atoms with E-state index in [1.54, 1.807) is 0 Å². The molecule has 2 rings (SSSR count). The lowest BCUT2D eigenvalue weighted by atomic mass is 9.92. The van der Waals surface area contributed by atoms with Crippen LogP contribution in [0.15, 0.2) is 18.2 Å². The minimum atomic E-state index is 0.301. The molecule has 0 unspecified atom stereocenters. The van der Waals surface area contributed by atoms with Gasteiger partial charge in [0.05, 0.1) is 12.1 Å². The minimum absolute atomic E-state index is 0.301. The number of nitrogens with one attached hydrogen (secondary N) is 1. The predicted octanol–water partition coefficient (Wildman–Crippen LogP) is 4.53. The molecule has 1 aromatic carbocycles. The lowest BCUT2D eigenvalue weighted by Crippen LogP contribution is -2.10. The molecule has 19 heavy (non-hydrogen) atoms. The molecule has 1 heterocycles. The van der Waals surface area contributed by atoms with Gasteiger partial charge in [-0.05, 0) is 43.1 Å². The molecular weight excluding hydrogens is 256 g/mol. The van der Waals surface area contributed by atoms with Crippen molar-refractivity contribution in [1.29, 1.82) is 0 Å². The van der Waals surface area contributed by atoms with Crippen LogP contribution < -0.4 is 4.74 Å². The Morgan fingerprint density at radius 3 is 2.68 bits per heavy atom. The molecule has 1 aromatic heterocycles. The molecule has 1 N–H and O–H groups in total. The number of aryl methyl sites for hydroxylation is 1. The number of para-hydroxylation sites is 1. The summed E-state index contributed by atoms with van der Waals surface area (Å²) in [6.07, 6.45) is 1.09. The molecule has 0 amide bonds. The van der Waals surface area contributed by atoms with Crippen molar-refractivity contribution < 1.29 is 4.74 Å².